The second-order valence-corrected chi connectivity index (χ2v) is 5.92. The molecule has 0 amide bonds. The molecule has 2 nitrogen and oxygen atoms in total. The van der Waals surface area contributed by atoms with Gasteiger partial charge in [-0.15, -0.1) is 0 Å². The van der Waals surface area contributed by atoms with E-state index in [1.807, 2.05) is 24.3 Å². The summed E-state index contributed by atoms with van der Waals surface area (Å²) in [6.07, 6.45) is 5.54. The molecule has 0 saturated heterocycles. The third-order valence-electron chi connectivity index (χ3n) is 3.79. The fourth-order valence-electron chi connectivity index (χ4n) is 2.45. The van der Waals surface area contributed by atoms with Crippen molar-refractivity contribution < 1.29 is 5.11 Å². The number of hydrogen-bond donors (Lipinski definition) is 1. The molecule has 1 fully saturated rings. The van der Waals surface area contributed by atoms with E-state index in [0.717, 1.165) is 24.6 Å². The quantitative estimate of drug-likeness (QED) is 0.778. The van der Waals surface area contributed by atoms with Crippen LogP contribution < -0.4 is 0 Å². The van der Waals surface area contributed by atoms with E-state index < -0.39 is 6.10 Å². The minimum absolute atomic E-state index is 0.401. The molecule has 1 N–H and O–H groups in total. The Bertz CT molecular complexity index is 392. The first-order chi connectivity index (χ1) is 9.20. The zero-order chi connectivity index (χ0) is 13.7. The van der Waals surface area contributed by atoms with E-state index in [-0.39, 0.29) is 0 Å². The number of aliphatic hydroxyl groups excluding tert-OH is 1. The van der Waals surface area contributed by atoms with E-state index in [0.29, 0.717) is 5.02 Å². The van der Waals surface area contributed by atoms with E-state index in [2.05, 4.69) is 11.8 Å². The predicted molar refractivity (Wildman–Crippen MR) is 80.5 cm³/mol. The van der Waals surface area contributed by atoms with Gasteiger partial charge in [-0.05, 0) is 49.9 Å². The molecule has 1 aliphatic rings. The SMILES string of the molecule is CCCCN(CCC(O)c1cccc(Cl)c1)C1CC1. The maximum absolute atomic E-state index is 10.2. The van der Waals surface area contributed by atoms with E-state index in [4.69, 9.17) is 11.6 Å². The van der Waals surface area contributed by atoms with Gasteiger partial charge in [0.15, 0.2) is 0 Å². The van der Waals surface area contributed by atoms with Crippen LogP contribution in [0.25, 0.3) is 0 Å². The Kier molecular flexibility index (Phi) is 5.68. The molecule has 1 aromatic carbocycles. The fraction of sp³-hybridized carbons (Fsp3) is 0.625. The molecular formula is C16H24ClNO. The molecule has 0 bridgehead atoms. The van der Waals surface area contributed by atoms with Crippen LogP contribution in [-0.4, -0.2) is 29.1 Å². The Morgan fingerprint density at radius 1 is 1.37 bits per heavy atom. The first-order valence-corrected chi connectivity index (χ1v) is 7.76. The van der Waals surface area contributed by atoms with E-state index in [1.54, 1.807) is 0 Å². The van der Waals surface area contributed by atoms with Crippen LogP contribution in [0, 0.1) is 0 Å². The molecule has 0 heterocycles. The first kappa shape index (κ1) is 14.8. The molecule has 19 heavy (non-hydrogen) atoms. The summed E-state index contributed by atoms with van der Waals surface area (Å²) in [6.45, 7) is 4.38. The highest BCUT2D eigenvalue weighted by atomic mass is 35.5. The Morgan fingerprint density at radius 3 is 2.79 bits per heavy atom. The molecule has 0 spiro atoms. The number of aliphatic hydroxyl groups is 1. The monoisotopic (exact) mass is 281 g/mol. The van der Waals surface area contributed by atoms with Gasteiger partial charge in [0.2, 0.25) is 0 Å². The van der Waals surface area contributed by atoms with Crippen LogP contribution in [0.5, 0.6) is 0 Å². The van der Waals surface area contributed by atoms with Crippen LogP contribution in [0.15, 0.2) is 24.3 Å². The summed E-state index contributed by atoms with van der Waals surface area (Å²) in [4.78, 5) is 2.54. The Labute approximate surface area is 121 Å². The van der Waals surface area contributed by atoms with E-state index in [1.165, 1.54) is 32.2 Å². The third kappa shape index (κ3) is 4.79. The van der Waals surface area contributed by atoms with Crippen LogP contribution in [0.4, 0.5) is 0 Å². The average Bonchev–Trinajstić information content (AvgIpc) is 3.23. The predicted octanol–water partition coefficient (Wildman–Crippen LogP) is 4.03. The van der Waals surface area contributed by atoms with Crippen molar-refractivity contribution in [3.8, 4) is 0 Å². The van der Waals surface area contributed by atoms with E-state index in [9.17, 15) is 5.11 Å². The molecule has 1 aromatic rings. The lowest BCUT2D eigenvalue weighted by Gasteiger charge is -2.23. The maximum Gasteiger partial charge on any atom is 0.0802 e. The number of unbranched alkanes of at least 4 members (excludes halogenated alkanes) is 1. The van der Waals surface area contributed by atoms with Gasteiger partial charge < -0.3 is 10.0 Å². The Balaban J connectivity index is 1.82. The first-order valence-electron chi connectivity index (χ1n) is 7.38. The molecule has 0 radical (unpaired) electrons. The van der Waals surface area contributed by atoms with Gasteiger partial charge in [-0.2, -0.15) is 0 Å². The van der Waals surface area contributed by atoms with Gasteiger partial charge in [0.05, 0.1) is 6.10 Å². The molecule has 1 saturated carbocycles. The van der Waals surface area contributed by atoms with Crippen molar-refractivity contribution in [1.82, 2.24) is 4.90 Å². The highest BCUT2D eigenvalue weighted by Crippen LogP contribution is 2.28. The second-order valence-electron chi connectivity index (χ2n) is 5.48. The molecule has 106 valence electrons. The third-order valence-corrected chi connectivity index (χ3v) is 4.02. The molecule has 0 aromatic heterocycles. The van der Waals surface area contributed by atoms with Gasteiger partial charge in [-0.1, -0.05) is 37.1 Å². The van der Waals surface area contributed by atoms with Gasteiger partial charge >= 0.3 is 0 Å². The molecule has 3 heteroatoms. The van der Waals surface area contributed by atoms with Gasteiger partial charge in [0, 0.05) is 17.6 Å². The van der Waals surface area contributed by atoms with Crippen molar-refractivity contribution in [1.29, 1.82) is 0 Å². The maximum atomic E-state index is 10.2. The number of benzene rings is 1. The fourth-order valence-corrected chi connectivity index (χ4v) is 2.65. The Hall–Kier alpha value is -0.570. The van der Waals surface area contributed by atoms with Crippen LogP contribution in [0.2, 0.25) is 5.02 Å². The molecule has 2 rings (SSSR count). The normalized spacial score (nSPS) is 16.8. The standard InChI is InChI=1S/C16H24ClNO/c1-2-3-10-18(15-7-8-15)11-9-16(19)13-5-4-6-14(17)12-13/h4-6,12,15-16,19H,2-3,7-11H2,1H3. The zero-order valence-electron chi connectivity index (χ0n) is 11.7. The second kappa shape index (κ2) is 7.28. The van der Waals surface area contributed by atoms with Crippen LogP contribution in [0.1, 0.15) is 50.7 Å². The number of rotatable bonds is 8. The van der Waals surface area contributed by atoms with Crippen LogP contribution in [0.3, 0.4) is 0 Å². The Morgan fingerprint density at radius 2 is 2.16 bits per heavy atom. The topological polar surface area (TPSA) is 23.5 Å². The number of halogens is 1. The number of nitrogens with zero attached hydrogens (tertiary/aromatic N) is 1. The molecule has 1 unspecified atom stereocenters. The summed E-state index contributed by atoms with van der Waals surface area (Å²) in [7, 11) is 0. The number of hydrogen-bond acceptors (Lipinski definition) is 2. The van der Waals surface area contributed by atoms with Crippen molar-refractivity contribution in [3.05, 3.63) is 34.9 Å². The molecule has 0 aliphatic heterocycles. The lowest BCUT2D eigenvalue weighted by Crippen LogP contribution is -2.29. The van der Waals surface area contributed by atoms with Crippen LogP contribution >= 0.6 is 11.6 Å². The molecule has 1 atom stereocenters. The smallest absolute Gasteiger partial charge is 0.0802 e. The van der Waals surface area contributed by atoms with Crippen molar-refractivity contribution >= 4 is 11.6 Å². The zero-order valence-corrected chi connectivity index (χ0v) is 12.4. The van der Waals surface area contributed by atoms with Crippen molar-refractivity contribution in [2.45, 2.75) is 51.2 Å². The van der Waals surface area contributed by atoms with Gasteiger partial charge in [-0.3, -0.25) is 0 Å². The lowest BCUT2D eigenvalue weighted by molar-refractivity contribution is 0.138. The van der Waals surface area contributed by atoms with Crippen molar-refractivity contribution in [2.24, 2.45) is 0 Å². The highest BCUT2D eigenvalue weighted by Gasteiger charge is 2.28. The minimum atomic E-state index is -0.401. The molecule has 1 aliphatic carbocycles. The summed E-state index contributed by atoms with van der Waals surface area (Å²) >= 11 is 5.96. The van der Waals surface area contributed by atoms with Gasteiger partial charge in [-0.25, -0.2) is 0 Å². The summed E-state index contributed by atoms with van der Waals surface area (Å²) in [5.41, 5.74) is 0.929. The average molecular weight is 282 g/mol. The van der Waals surface area contributed by atoms with Gasteiger partial charge in [0.1, 0.15) is 0 Å². The summed E-state index contributed by atoms with van der Waals surface area (Å²) < 4.78 is 0. The summed E-state index contributed by atoms with van der Waals surface area (Å²) in [6, 6.07) is 8.33. The summed E-state index contributed by atoms with van der Waals surface area (Å²) in [5.74, 6) is 0. The summed E-state index contributed by atoms with van der Waals surface area (Å²) in [5, 5.41) is 10.9. The van der Waals surface area contributed by atoms with Crippen molar-refractivity contribution in [2.75, 3.05) is 13.1 Å². The van der Waals surface area contributed by atoms with E-state index >= 15 is 0 Å². The van der Waals surface area contributed by atoms with Crippen LogP contribution in [-0.2, 0) is 0 Å². The van der Waals surface area contributed by atoms with Gasteiger partial charge in [0.25, 0.3) is 0 Å². The minimum Gasteiger partial charge on any atom is -0.388 e. The highest BCUT2D eigenvalue weighted by molar-refractivity contribution is 6.30. The largest absolute Gasteiger partial charge is 0.388 e. The molecular weight excluding hydrogens is 258 g/mol. The lowest BCUT2D eigenvalue weighted by atomic mass is 10.1. The van der Waals surface area contributed by atoms with Crippen molar-refractivity contribution in [3.63, 3.8) is 0 Å².